The number of halogens is 1. The maximum absolute atomic E-state index is 12.1. The Labute approximate surface area is 173 Å². The third-order valence-corrected chi connectivity index (χ3v) is 5.13. The molecule has 2 aromatic carbocycles. The molecule has 0 saturated carbocycles. The Kier molecular flexibility index (Phi) is 6.84. The first kappa shape index (κ1) is 20.1. The molecule has 28 heavy (non-hydrogen) atoms. The van der Waals surface area contributed by atoms with Crippen LogP contribution in [0.2, 0.25) is 5.02 Å². The molecule has 0 aliphatic heterocycles. The van der Waals surface area contributed by atoms with Crippen molar-refractivity contribution in [1.29, 1.82) is 0 Å². The molecule has 0 radical (unpaired) electrons. The van der Waals surface area contributed by atoms with Crippen LogP contribution in [0.5, 0.6) is 0 Å². The zero-order valence-electron chi connectivity index (χ0n) is 15.6. The van der Waals surface area contributed by atoms with E-state index in [0.29, 0.717) is 16.7 Å². The molecule has 0 spiro atoms. The minimum Gasteiger partial charge on any atom is -0.302 e. The van der Waals surface area contributed by atoms with Gasteiger partial charge in [0.15, 0.2) is 11.0 Å². The second-order valence-corrected chi connectivity index (χ2v) is 7.43. The summed E-state index contributed by atoms with van der Waals surface area (Å²) in [5.41, 5.74) is 5.52. The number of amides is 1. The zero-order chi connectivity index (χ0) is 19.9. The topological polar surface area (TPSA) is 72.2 Å². The van der Waals surface area contributed by atoms with Gasteiger partial charge < -0.3 is 4.57 Å². The quantitative estimate of drug-likeness (QED) is 0.358. The molecule has 0 unspecified atom stereocenters. The summed E-state index contributed by atoms with van der Waals surface area (Å²) in [5.74, 6) is 0.772. The fourth-order valence-electron chi connectivity index (χ4n) is 2.52. The molecule has 3 aromatic rings. The van der Waals surface area contributed by atoms with Crippen LogP contribution in [0.3, 0.4) is 0 Å². The molecular formula is C20H20ClN5OS. The van der Waals surface area contributed by atoms with E-state index in [-0.39, 0.29) is 11.7 Å². The lowest BCUT2D eigenvalue weighted by Crippen LogP contribution is -2.20. The summed E-state index contributed by atoms with van der Waals surface area (Å²) in [5, 5.41) is 13.8. The number of rotatable bonds is 7. The third kappa shape index (κ3) is 5.21. The number of aryl methyl sites for hydroxylation is 1. The lowest BCUT2D eigenvalue weighted by Gasteiger charge is -2.07. The van der Waals surface area contributed by atoms with E-state index in [2.05, 4.69) is 20.7 Å². The summed E-state index contributed by atoms with van der Waals surface area (Å²) < 4.78 is 2.00. The lowest BCUT2D eigenvalue weighted by atomic mass is 10.1. The number of nitrogens with zero attached hydrogens (tertiary/aromatic N) is 4. The second-order valence-electron chi connectivity index (χ2n) is 6.05. The van der Waals surface area contributed by atoms with Gasteiger partial charge in [0, 0.05) is 17.1 Å². The Morgan fingerprint density at radius 3 is 2.75 bits per heavy atom. The molecule has 1 aromatic heterocycles. The first-order chi connectivity index (χ1) is 13.6. The number of hydrazone groups is 1. The van der Waals surface area contributed by atoms with Gasteiger partial charge in [0.1, 0.15) is 0 Å². The molecule has 0 bridgehead atoms. The van der Waals surface area contributed by atoms with E-state index >= 15 is 0 Å². The van der Waals surface area contributed by atoms with Gasteiger partial charge in [-0.05, 0) is 31.5 Å². The average molecular weight is 414 g/mol. The van der Waals surface area contributed by atoms with Gasteiger partial charge in [-0.2, -0.15) is 5.10 Å². The molecule has 0 aliphatic rings. The normalized spacial score (nSPS) is 11.1. The first-order valence-electron chi connectivity index (χ1n) is 8.77. The molecule has 0 fully saturated rings. The highest BCUT2D eigenvalue weighted by molar-refractivity contribution is 7.99. The number of benzene rings is 2. The summed E-state index contributed by atoms with van der Waals surface area (Å²) in [6, 6.07) is 15.4. The van der Waals surface area contributed by atoms with E-state index in [1.807, 2.05) is 54.8 Å². The molecule has 1 heterocycles. The van der Waals surface area contributed by atoms with E-state index in [1.165, 1.54) is 17.3 Å². The van der Waals surface area contributed by atoms with E-state index in [0.717, 1.165) is 17.0 Å². The van der Waals surface area contributed by atoms with Gasteiger partial charge in [0.05, 0.1) is 12.0 Å². The highest BCUT2D eigenvalue weighted by Gasteiger charge is 2.14. The van der Waals surface area contributed by atoms with Gasteiger partial charge in [-0.1, -0.05) is 65.3 Å². The fourth-order valence-corrected chi connectivity index (χ4v) is 3.52. The highest BCUT2D eigenvalue weighted by Crippen LogP contribution is 2.24. The average Bonchev–Trinajstić information content (AvgIpc) is 3.10. The predicted molar refractivity (Wildman–Crippen MR) is 114 cm³/mol. The Morgan fingerprint density at radius 1 is 1.25 bits per heavy atom. The van der Waals surface area contributed by atoms with Crippen molar-refractivity contribution in [2.24, 2.45) is 5.10 Å². The van der Waals surface area contributed by atoms with Crippen LogP contribution >= 0.6 is 23.4 Å². The Morgan fingerprint density at radius 2 is 2.04 bits per heavy atom. The summed E-state index contributed by atoms with van der Waals surface area (Å²) in [4.78, 5) is 12.1. The van der Waals surface area contributed by atoms with Gasteiger partial charge in [0.2, 0.25) is 0 Å². The van der Waals surface area contributed by atoms with E-state index in [1.54, 1.807) is 18.3 Å². The Balaban J connectivity index is 1.59. The molecule has 6 nitrogen and oxygen atoms in total. The third-order valence-electron chi connectivity index (χ3n) is 3.93. The zero-order valence-corrected chi connectivity index (χ0v) is 17.2. The molecule has 8 heteroatoms. The van der Waals surface area contributed by atoms with E-state index in [4.69, 9.17) is 11.6 Å². The van der Waals surface area contributed by atoms with Crippen LogP contribution in [-0.4, -0.2) is 32.6 Å². The number of aromatic nitrogens is 3. The van der Waals surface area contributed by atoms with Crippen molar-refractivity contribution in [3.8, 4) is 11.4 Å². The van der Waals surface area contributed by atoms with Crippen molar-refractivity contribution in [3.05, 3.63) is 64.7 Å². The Bertz CT molecular complexity index is 985. The van der Waals surface area contributed by atoms with Gasteiger partial charge in [0.25, 0.3) is 5.91 Å². The number of nitrogens with one attached hydrogen (secondary N) is 1. The van der Waals surface area contributed by atoms with Gasteiger partial charge >= 0.3 is 0 Å². The largest absolute Gasteiger partial charge is 0.302 e. The SMILES string of the molecule is CCn1c(SCC(=O)N/N=C\c2cccc(Cl)c2)nnc1-c1ccc(C)cc1. The van der Waals surface area contributed by atoms with Crippen LogP contribution in [0.15, 0.2) is 58.8 Å². The molecule has 3 rings (SSSR count). The molecule has 0 saturated heterocycles. The van der Waals surface area contributed by atoms with Crippen LogP contribution in [0.4, 0.5) is 0 Å². The Hall–Kier alpha value is -2.64. The van der Waals surface area contributed by atoms with Crippen molar-refractivity contribution in [1.82, 2.24) is 20.2 Å². The van der Waals surface area contributed by atoms with Crippen LogP contribution in [0, 0.1) is 6.92 Å². The number of carbonyl (C=O) groups excluding carboxylic acids is 1. The summed E-state index contributed by atoms with van der Waals surface area (Å²) >= 11 is 7.25. The van der Waals surface area contributed by atoms with Gasteiger partial charge in [-0.15, -0.1) is 10.2 Å². The van der Waals surface area contributed by atoms with Crippen molar-refractivity contribution in [2.75, 3.05) is 5.75 Å². The van der Waals surface area contributed by atoms with Gasteiger partial charge in [-0.3, -0.25) is 4.79 Å². The van der Waals surface area contributed by atoms with Crippen molar-refractivity contribution in [2.45, 2.75) is 25.5 Å². The highest BCUT2D eigenvalue weighted by atomic mass is 35.5. The monoisotopic (exact) mass is 413 g/mol. The maximum Gasteiger partial charge on any atom is 0.250 e. The molecule has 144 valence electrons. The van der Waals surface area contributed by atoms with Gasteiger partial charge in [-0.25, -0.2) is 5.43 Å². The first-order valence-corrected chi connectivity index (χ1v) is 10.1. The van der Waals surface area contributed by atoms with Crippen molar-refractivity contribution >= 4 is 35.5 Å². The number of hydrogen-bond donors (Lipinski definition) is 1. The smallest absolute Gasteiger partial charge is 0.250 e. The van der Waals surface area contributed by atoms with Crippen LogP contribution in [0.25, 0.3) is 11.4 Å². The van der Waals surface area contributed by atoms with Crippen LogP contribution in [-0.2, 0) is 11.3 Å². The number of thioether (sulfide) groups is 1. The standard InChI is InChI=1S/C20H20ClN5OS/c1-3-26-19(16-9-7-14(2)8-10-16)24-25-20(26)28-13-18(27)23-22-12-15-5-4-6-17(21)11-15/h4-12H,3,13H2,1-2H3,(H,23,27)/b22-12-. The number of carbonyl (C=O) groups is 1. The second kappa shape index (κ2) is 9.52. The maximum atomic E-state index is 12.1. The lowest BCUT2D eigenvalue weighted by molar-refractivity contribution is -0.118. The van der Waals surface area contributed by atoms with Crippen molar-refractivity contribution < 1.29 is 4.79 Å². The minimum absolute atomic E-state index is 0.193. The number of hydrogen-bond acceptors (Lipinski definition) is 5. The van der Waals surface area contributed by atoms with E-state index < -0.39 is 0 Å². The van der Waals surface area contributed by atoms with Crippen molar-refractivity contribution in [3.63, 3.8) is 0 Å². The minimum atomic E-state index is -0.217. The molecule has 0 aliphatic carbocycles. The molecule has 1 amide bonds. The van der Waals surface area contributed by atoms with Crippen LogP contribution in [0.1, 0.15) is 18.1 Å². The van der Waals surface area contributed by atoms with Crippen LogP contribution < -0.4 is 5.43 Å². The molecular weight excluding hydrogens is 394 g/mol. The summed E-state index contributed by atoms with van der Waals surface area (Å²) in [6.07, 6.45) is 1.55. The van der Waals surface area contributed by atoms with E-state index in [9.17, 15) is 4.79 Å². The molecule has 0 atom stereocenters. The summed E-state index contributed by atoms with van der Waals surface area (Å²) in [7, 11) is 0. The fraction of sp³-hybridized carbons (Fsp3) is 0.200. The molecule has 1 N–H and O–H groups in total. The summed E-state index contributed by atoms with van der Waals surface area (Å²) in [6.45, 7) is 4.79. The predicted octanol–water partition coefficient (Wildman–Crippen LogP) is 4.17.